The van der Waals surface area contributed by atoms with Gasteiger partial charge in [0.1, 0.15) is 5.82 Å². The van der Waals surface area contributed by atoms with E-state index in [0.717, 1.165) is 5.56 Å². The van der Waals surface area contributed by atoms with Gasteiger partial charge in [0, 0.05) is 6.20 Å². The summed E-state index contributed by atoms with van der Waals surface area (Å²) in [6, 6.07) is 3.63. The number of hydrogen-bond acceptors (Lipinski definition) is 3. The largest absolute Gasteiger partial charge is 0.450 e. The Hall–Kier alpha value is -1.58. The topological polar surface area (TPSA) is 51.2 Å². The van der Waals surface area contributed by atoms with Crippen molar-refractivity contribution in [2.75, 3.05) is 11.9 Å². The fraction of sp³-hybridized carbons (Fsp3) is 0.455. The molecule has 84 valence electrons. The Kier molecular flexibility index (Phi) is 6.97. The third kappa shape index (κ3) is 5.67. The molecule has 0 aliphatic heterocycles. The van der Waals surface area contributed by atoms with Crippen LogP contribution in [-0.4, -0.2) is 17.7 Å². The van der Waals surface area contributed by atoms with Gasteiger partial charge < -0.3 is 4.74 Å². The smallest absolute Gasteiger partial charge is 0.412 e. The third-order valence-electron chi connectivity index (χ3n) is 1.42. The monoisotopic (exact) mass is 210 g/mol. The summed E-state index contributed by atoms with van der Waals surface area (Å²) in [4.78, 5) is 14.9. The second-order valence-corrected chi connectivity index (χ2v) is 2.56. The Balaban J connectivity index is 0.000000921. The van der Waals surface area contributed by atoms with E-state index in [1.807, 2.05) is 26.8 Å². The first-order chi connectivity index (χ1) is 7.22. The fourth-order valence-corrected chi connectivity index (χ4v) is 0.876. The van der Waals surface area contributed by atoms with Gasteiger partial charge in [0.05, 0.1) is 6.61 Å². The highest BCUT2D eigenvalue weighted by Crippen LogP contribution is 2.05. The van der Waals surface area contributed by atoms with E-state index in [1.54, 1.807) is 19.2 Å². The first-order valence-corrected chi connectivity index (χ1v) is 5.09. The van der Waals surface area contributed by atoms with E-state index in [-0.39, 0.29) is 0 Å². The summed E-state index contributed by atoms with van der Waals surface area (Å²) < 4.78 is 4.70. The molecule has 0 fully saturated rings. The second kappa shape index (κ2) is 7.79. The van der Waals surface area contributed by atoms with Crippen molar-refractivity contribution < 1.29 is 9.53 Å². The van der Waals surface area contributed by atoms with Gasteiger partial charge in [-0.2, -0.15) is 0 Å². The van der Waals surface area contributed by atoms with Crippen LogP contribution in [-0.2, 0) is 4.74 Å². The van der Waals surface area contributed by atoms with E-state index in [9.17, 15) is 4.79 Å². The van der Waals surface area contributed by atoms with Crippen LogP contribution in [0.5, 0.6) is 0 Å². The molecule has 4 nitrogen and oxygen atoms in total. The van der Waals surface area contributed by atoms with Crippen molar-refractivity contribution in [2.24, 2.45) is 0 Å². The van der Waals surface area contributed by atoms with Crippen molar-refractivity contribution in [2.45, 2.75) is 27.7 Å². The zero-order valence-electron chi connectivity index (χ0n) is 9.70. The molecule has 0 aliphatic rings. The maximum Gasteiger partial charge on any atom is 0.412 e. The standard InChI is InChI=1S/C9H12N2O2.C2H6/c1-3-13-9(12)11-8-6-7(2)4-5-10-8;1-2/h4-6H,3H2,1-2H3,(H,10,11,12);1-2H3. The fourth-order valence-electron chi connectivity index (χ4n) is 0.876. The van der Waals surface area contributed by atoms with Crippen LogP contribution in [0.2, 0.25) is 0 Å². The van der Waals surface area contributed by atoms with Crippen LogP contribution in [0.1, 0.15) is 26.3 Å². The van der Waals surface area contributed by atoms with E-state index in [0.29, 0.717) is 12.4 Å². The predicted molar refractivity (Wildman–Crippen MR) is 61.0 cm³/mol. The molecule has 0 unspecified atom stereocenters. The van der Waals surface area contributed by atoms with Gasteiger partial charge in [0.2, 0.25) is 0 Å². The summed E-state index contributed by atoms with van der Waals surface area (Å²) in [5, 5.41) is 2.51. The van der Waals surface area contributed by atoms with E-state index in [2.05, 4.69) is 10.3 Å². The molecule has 1 rings (SSSR count). The molecule has 1 aromatic rings. The Morgan fingerprint density at radius 2 is 2.20 bits per heavy atom. The van der Waals surface area contributed by atoms with Crippen molar-refractivity contribution in [3.63, 3.8) is 0 Å². The Bertz CT molecular complexity index is 300. The van der Waals surface area contributed by atoms with Crippen LogP contribution in [0.3, 0.4) is 0 Å². The van der Waals surface area contributed by atoms with Gasteiger partial charge in [-0.1, -0.05) is 13.8 Å². The number of aryl methyl sites for hydroxylation is 1. The van der Waals surface area contributed by atoms with Crippen LogP contribution in [0.4, 0.5) is 10.6 Å². The lowest BCUT2D eigenvalue weighted by Crippen LogP contribution is -2.14. The number of pyridine rings is 1. The molecule has 0 aromatic carbocycles. The number of amides is 1. The number of nitrogens with zero attached hydrogens (tertiary/aromatic N) is 1. The summed E-state index contributed by atoms with van der Waals surface area (Å²) >= 11 is 0. The molecule has 0 spiro atoms. The minimum absolute atomic E-state index is 0.359. The lowest BCUT2D eigenvalue weighted by atomic mass is 10.3. The molecule has 0 saturated heterocycles. The number of ether oxygens (including phenoxy) is 1. The molecule has 0 aliphatic carbocycles. The Labute approximate surface area is 90.7 Å². The predicted octanol–water partition coefficient (Wildman–Crippen LogP) is 2.98. The number of carbonyl (C=O) groups excluding carboxylic acids is 1. The molecule has 0 radical (unpaired) electrons. The highest BCUT2D eigenvalue weighted by molar-refractivity contribution is 5.83. The summed E-state index contributed by atoms with van der Waals surface area (Å²) in [6.45, 7) is 8.04. The lowest BCUT2D eigenvalue weighted by molar-refractivity contribution is 0.168. The van der Waals surface area contributed by atoms with Crippen molar-refractivity contribution in [1.82, 2.24) is 4.98 Å². The first kappa shape index (κ1) is 13.4. The molecule has 1 amide bonds. The van der Waals surface area contributed by atoms with Crippen LogP contribution in [0.25, 0.3) is 0 Å². The highest BCUT2D eigenvalue weighted by atomic mass is 16.5. The summed E-state index contributed by atoms with van der Waals surface area (Å²) in [5.41, 5.74) is 1.04. The third-order valence-corrected chi connectivity index (χ3v) is 1.42. The number of hydrogen-bond donors (Lipinski definition) is 1. The summed E-state index contributed by atoms with van der Waals surface area (Å²) in [6.07, 6.45) is 1.16. The van der Waals surface area contributed by atoms with Crippen molar-refractivity contribution in [3.8, 4) is 0 Å². The molecule has 4 heteroatoms. The van der Waals surface area contributed by atoms with Gasteiger partial charge in [0.15, 0.2) is 0 Å². The van der Waals surface area contributed by atoms with E-state index in [1.165, 1.54) is 0 Å². The van der Waals surface area contributed by atoms with Gasteiger partial charge in [-0.25, -0.2) is 9.78 Å². The molecule has 0 atom stereocenters. The average molecular weight is 210 g/mol. The second-order valence-electron chi connectivity index (χ2n) is 2.56. The number of rotatable bonds is 2. The van der Waals surface area contributed by atoms with Crippen LogP contribution < -0.4 is 5.32 Å². The van der Waals surface area contributed by atoms with Gasteiger partial charge in [-0.05, 0) is 31.5 Å². The van der Waals surface area contributed by atoms with Gasteiger partial charge in [-0.15, -0.1) is 0 Å². The molecular formula is C11H18N2O2. The van der Waals surface area contributed by atoms with Gasteiger partial charge in [-0.3, -0.25) is 5.32 Å². The number of carbonyl (C=O) groups is 1. The maximum absolute atomic E-state index is 11.0. The van der Waals surface area contributed by atoms with Crippen molar-refractivity contribution in [1.29, 1.82) is 0 Å². The molecular weight excluding hydrogens is 192 g/mol. The van der Waals surface area contributed by atoms with Crippen LogP contribution in [0, 0.1) is 6.92 Å². The van der Waals surface area contributed by atoms with Crippen molar-refractivity contribution in [3.05, 3.63) is 23.9 Å². The van der Waals surface area contributed by atoms with E-state index in [4.69, 9.17) is 4.74 Å². The molecule has 0 saturated carbocycles. The quantitative estimate of drug-likeness (QED) is 0.816. The number of nitrogens with one attached hydrogen (secondary N) is 1. The lowest BCUT2D eigenvalue weighted by Gasteiger charge is -2.03. The normalized spacial score (nSPS) is 8.53. The van der Waals surface area contributed by atoms with Gasteiger partial charge in [0.25, 0.3) is 0 Å². The summed E-state index contributed by atoms with van der Waals surface area (Å²) in [7, 11) is 0. The number of aromatic nitrogens is 1. The molecule has 1 heterocycles. The molecule has 1 aromatic heterocycles. The maximum atomic E-state index is 11.0. The Morgan fingerprint density at radius 3 is 2.73 bits per heavy atom. The Morgan fingerprint density at radius 1 is 1.53 bits per heavy atom. The average Bonchev–Trinajstić information content (AvgIpc) is 2.21. The minimum atomic E-state index is -0.472. The molecule has 15 heavy (non-hydrogen) atoms. The van der Waals surface area contributed by atoms with Gasteiger partial charge >= 0.3 is 6.09 Å². The van der Waals surface area contributed by atoms with Crippen LogP contribution >= 0.6 is 0 Å². The molecule has 1 N–H and O–H groups in total. The highest BCUT2D eigenvalue weighted by Gasteiger charge is 2.01. The zero-order chi connectivity index (χ0) is 11.7. The van der Waals surface area contributed by atoms with E-state index >= 15 is 0 Å². The van der Waals surface area contributed by atoms with Crippen LogP contribution in [0.15, 0.2) is 18.3 Å². The SMILES string of the molecule is CC.CCOC(=O)Nc1cc(C)ccn1. The van der Waals surface area contributed by atoms with E-state index < -0.39 is 6.09 Å². The minimum Gasteiger partial charge on any atom is -0.450 e. The first-order valence-electron chi connectivity index (χ1n) is 5.09. The van der Waals surface area contributed by atoms with Crippen molar-refractivity contribution >= 4 is 11.9 Å². The summed E-state index contributed by atoms with van der Waals surface area (Å²) in [5.74, 6) is 0.512. The number of anilines is 1. The molecule has 0 bridgehead atoms. The zero-order valence-corrected chi connectivity index (χ0v) is 9.70.